The number of rotatable bonds is 8. The van der Waals surface area contributed by atoms with Crippen LogP contribution < -0.4 is 0 Å². The van der Waals surface area contributed by atoms with E-state index in [1.54, 1.807) is 11.8 Å². The van der Waals surface area contributed by atoms with Gasteiger partial charge in [-0.3, -0.25) is 4.55 Å². The van der Waals surface area contributed by atoms with E-state index >= 15 is 0 Å². The summed E-state index contributed by atoms with van der Waals surface area (Å²) in [5, 5.41) is 0. The lowest BCUT2D eigenvalue weighted by atomic mass is 10.2. The molecule has 3 nitrogen and oxygen atoms in total. The Kier molecular flexibility index (Phi) is 7.80. The highest BCUT2D eigenvalue weighted by Gasteiger charge is 2.02. The predicted molar refractivity (Wildman–Crippen MR) is 57.9 cm³/mol. The van der Waals surface area contributed by atoms with Crippen molar-refractivity contribution in [3.05, 3.63) is 0 Å². The highest BCUT2D eigenvalue weighted by Crippen LogP contribution is 2.07. The second kappa shape index (κ2) is 7.64. The maximum absolute atomic E-state index is 10.3. The predicted octanol–water partition coefficient (Wildman–Crippen LogP) is 2.19. The minimum absolute atomic E-state index is 0.120. The lowest BCUT2D eigenvalue weighted by Gasteiger charge is -1.99. The molecule has 13 heavy (non-hydrogen) atoms. The molecule has 0 aromatic rings. The molecule has 0 unspecified atom stereocenters. The van der Waals surface area contributed by atoms with Crippen LogP contribution in [0.15, 0.2) is 0 Å². The van der Waals surface area contributed by atoms with Gasteiger partial charge in [0.25, 0.3) is 10.1 Å². The molecule has 1 N–H and O–H groups in total. The topological polar surface area (TPSA) is 54.4 Å². The average Bonchev–Trinajstić information content (AvgIpc) is 2.01. The molecule has 0 saturated heterocycles. The third kappa shape index (κ3) is 12.3. The Morgan fingerprint density at radius 2 is 1.85 bits per heavy atom. The summed E-state index contributed by atoms with van der Waals surface area (Å²) in [6.45, 7) is 2.16. The highest BCUT2D eigenvalue weighted by atomic mass is 32.2. The smallest absolute Gasteiger partial charge is 0.265 e. The minimum Gasteiger partial charge on any atom is -0.286 e. The van der Waals surface area contributed by atoms with E-state index in [4.69, 9.17) is 4.55 Å². The van der Waals surface area contributed by atoms with Gasteiger partial charge in [0.05, 0.1) is 5.75 Å². The van der Waals surface area contributed by atoms with E-state index in [-0.39, 0.29) is 5.75 Å². The van der Waals surface area contributed by atoms with Crippen molar-refractivity contribution >= 4 is 21.9 Å². The first-order valence-electron chi connectivity index (χ1n) is 4.59. The van der Waals surface area contributed by atoms with Crippen molar-refractivity contribution in [3.63, 3.8) is 0 Å². The zero-order valence-electron chi connectivity index (χ0n) is 8.03. The van der Waals surface area contributed by atoms with E-state index < -0.39 is 10.1 Å². The van der Waals surface area contributed by atoms with Crippen molar-refractivity contribution in [1.29, 1.82) is 0 Å². The van der Waals surface area contributed by atoms with Gasteiger partial charge in [0.1, 0.15) is 0 Å². The number of hydrogen-bond donors (Lipinski definition) is 1. The third-order valence-electron chi connectivity index (χ3n) is 1.63. The summed E-state index contributed by atoms with van der Waals surface area (Å²) in [5.41, 5.74) is 0. The van der Waals surface area contributed by atoms with Crippen LogP contribution >= 0.6 is 11.8 Å². The van der Waals surface area contributed by atoms with Crippen LogP contribution in [-0.4, -0.2) is 30.2 Å². The summed E-state index contributed by atoms with van der Waals surface area (Å²) in [7, 11) is -3.74. The number of hydrogen-bond acceptors (Lipinski definition) is 3. The Morgan fingerprint density at radius 1 is 1.15 bits per heavy atom. The largest absolute Gasteiger partial charge is 0.286 e. The molecule has 5 heteroatoms. The quantitative estimate of drug-likeness (QED) is 0.509. The maximum Gasteiger partial charge on any atom is 0.265 e. The van der Waals surface area contributed by atoms with Gasteiger partial charge in [0.2, 0.25) is 0 Å². The minimum atomic E-state index is -3.74. The monoisotopic (exact) mass is 226 g/mol. The average molecular weight is 226 g/mol. The van der Waals surface area contributed by atoms with Crippen LogP contribution in [0.3, 0.4) is 0 Å². The molecule has 0 saturated carbocycles. The van der Waals surface area contributed by atoms with Gasteiger partial charge in [0.15, 0.2) is 0 Å². The second-order valence-corrected chi connectivity index (χ2v) is 5.76. The zero-order chi connectivity index (χ0) is 10.2. The van der Waals surface area contributed by atoms with Gasteiger partial charge in [-0.15, -0.1) is 0 Å². The Labute approximate surface area is 85.0 Å². The standard InChI is InChI=1S/C8H18O3S2/c1-2-3-4-5-6-12-7-8-13(9,10)11/h2-8H2,1H3,(H,9,10,11). The van der Waals surface area contributed by atoms with Gasteiger partial charge in [0, 0.05) is 5.75 Å². The van der Waals surface area contributed by atoms with Crippen LogP contribution in [0.1, 0.15) is 32.6 Å². The van der Waals surface area contributed by atoms with Gasteiger partial charge < -0.3 is 0 Å². The van der Waals surface area contributed by atoms with E-state index in [0.717, 1.165) is 12.2 Å². The number of thioether (sulfide) groups is 1. The molecule has 0 amide bonds. The lowest BCUT2D eigenvalue weighted by molar-refractivity contribution is 0.485. The maximum atomic E-state index is 10.3. The van der Waals surface area contributed by atoms with Crippen molar-refractivity contribution in [1.82, 2.24) is 0 Å². The van der Waals surface area contributed by atoms with Gasteiger partial charge in [-0.05, 0) is 12.2 Å². The number of unbranched alkanes of at least 4 members (excludes halogenated alkanes) is 3. The Balaban J connectivity index is 3.09. The van der Waals surface area contributed by atoms with Gasteiger partial charge >= 0.3 is 0 Å². The van der Waals surface area contributed by atoms with Crippen molar-refractivity contribution in [2.75, 3.05) is 17.3 Å². The molecule has 0 aromatic carbocycles. The summed E-state index contributed by atoms with van der Waals surface area (Å²) >= 11 is 1.59. The first-order chi connectivity index (χ1) is 6.06. The van der Waals surface area contributed by atoms with Gasteiger partial charge in [-0.2, -0.15) is 20.2 Å². The first-order valence-corrected chi connectivity index (χ1v) is 7.35. The van der Waals surface area contributed by atoms with Crippen molar-refractivity contribution in [2.24, 2.45) is 0 Å². The van der Waals surface area contributed by atoms with Crippen LogP contribution in [0, 0.1) is 0 Å². The van der Waals surface area contributed by atoms with E-state index in [9.17, 15) is 8.42 Å². The zero-order valence-corrected chi connectivity index (χ0v) is 9.66. The lowest BCUT2D eigenvalue weighted by Crippen LogP contribution is -2.06. The molecule has 0 aliphatic rings. The first kappa shape index (κ1) is 13.3. The van der Waals surface area contributed by atoms with E-state index in [2.05, 4.69) is 6.92 Å². The Hall–Kier alpha value is 0.260. The van der Waals surface area contributed by atoms with Crippen LogP contribution in [-0.2, 0) is 10.1 Å². The van der Waals surface area contributed by atoms with Crippen LogP contribution in [0.2, 0.25) is 0 Å². The molecule has 0 radical (unpaired) electrons. The molecule has 0 rings (SSSR count). The molecular weight excluding hydrogens is 208 g/mol. The van der Waals surface area contributed by atoms with E-state index in [1.807, 2.05) is 0 Å². The molecule has 0 aromatic heterocycles. The molecule has 0 bridgehead atoms. The molecule has 0 heterocycles. The third-order valence-corrected chi connectivity index (χ3v) is 3.68. The molecule has 0 aliphatic heterocycles. The van der Waals surface area contributed by atoms with Crippen LogP contribution in [0.5, 0.6) is 0 Å². The highest BCUT2D eigenvalue weighted by molar-refractivity contribution is 8.00. The summed E-state index contributed by atoms with van der Waals surface area (Å²) in [6.07, 6.45) is 4.83. The van der Waals surface area contributed by atoms with Crippen LogP contribution in [0.25, 0.3) is 0 Å². The molecule has 80 valence electrons. The van der Waals surface area contributed by atoms with Crippen molar-refractivity contribution in [3.8, 4) is 0 Å². The van der Waals surface area contributed by atoms with Gasteiger partial charge in [-0.25, -0.2) is 0 Å². The SMILES string of the molecule is CCCCCCSCCS(=O)(=O)O. The summed E-state index contributed by atoms with van der Waals surface area (Å²) in [4.78, 5) is 0. The summed E-state index contributed by atoms with van der Waals surface area (Å²) in [5.74, 6) is 1.38. The summed E-state index contributed by atoms with van der Waals surface area (Å²) < 4.78 is 29.0. The molecule has 0 spiro atoms. The molecular formula is C8H18O3S2. The normalized spacial score (nSPS) is 11.8. The Morgan fingerprint density at radius 3 is 2.38 bits per heavy atom. The second-order valence-electron chi connectivity index (χ2n) is 2.96. The van der Waals surface area contributed by atoms with Crippen molar-refractivity contribution < 1.29 is 13.0 Å². The van der Waals surface area contributed by atoms with Crippen LogP contribution in [0.4, 0.5) is 0 Å². The van der Waals surface area contributed by atoms with Gasteiger partial charge in [-0.1, -0.05) is 26.2 Å². The summed E-state index contributed by atoms with van der Waals surface area (Å²) in [6, 6.07) is 0. The fraction of sp³-hybridized carbons (Fsp3) is 1.00. The van der Waals surface area contributed by atoms with E-state index in [0.29, 0.717) is 5.75 Å². The van der Waals surface area contributed by atoms with Crippen molar-refractivity contribution in [2.45, 2.75) is 32.6 Å². The molecule has 0 atom stereocenters. The van der Waals surface area contributed by atoms with E-state index in [1.165, 1.54) is 19.3 Å². The molecule has 0 aliphatic carbocycles. The molecule has 0 fully saturated rings. The fourth-order valence-electron chi connectivity index (χ4n) is 0.897. The fourth-order valence-corrected chi connectivity index (χ4v) is 2.82. The Bertz CT molecular complexity index is 199.